The molecule has 0 aliphatic rings. The first-order chi connectivity index (χ1) is 11.7. The monoisotopic (exact) mass is 359 g/mol. The summed E-state index contributed by atoms with van der Waals surface area (Å²) in [5.74, 6) is -0.684. The van der Waals surface area contributed by atoms with Crippen LogP contribution in [0, 0.1) is 0 Å². The predicted molar refractivity (Wildman–Crippen MR) is 97.0 cm³/mol. The third kappa shape index (κ3) is 3.71. The molecule has 2 heterocycles. The second-order valence-corrected chi connectivity index (χ2v) is 7.66. The summed E-state index contributed by atoms with van der Waals surface area (Å²) in [6.45, 7) is 2.36. The van der Waals surface area contributed by atoms with E-state index in [2.05, 4.69) is 4.98 Å². The van der Waals surface area contributed by atoms with E-state index >= 15 is 0 Å². The lowest BCUT2D eigenvalue weighted by Crippen LogP contribution is -2.08. The van der Waals surface area contributed by atoms with E-state index < -0.39 is 5.97 Å². The molecule has 6 heteroatoms. The van der Waals surface area contributed by atoms with Crippen molar-refractivity contribution < 1.29 is 14.6 Å². The maximum Gasteiger partial charge on any atom is 0.360 e. The van der Waals surface area contributed by atoms with Gasteiger partial charge in [-0.05, 0) is 24.6 Å². The molecule has 0 atom stereocenters. The highest BCUT2D eigenvalue weighted by Crippen LogP contribution is 2.40. The Balaban J connectivity index is 1.85. The highest BCUT2D eigenvalue weighted by Gasteiger charge is 2.19. The number of pyridine rings is 1. The number of carbonyl (C=O) groups excluding carboxylic acids is 1. The molecule has 1 aromatic carbocycles. The number of benzene rings is 1. The van der Waals surface area contributed by atoms with Crippen molar-refractivity contribution in [3.8, 4) is 5.75 Å². The number of hydrogen-bond donors (Lipinski definition) is 1. The van der Waals surface area contributed by atoms with Crippen molar-refractivity contribution in [1.29, 1.82) is 0 Å². The normalized spacial score (nSPS) is 10.9. The van der Waals surface area contributed by atoms with E-state index in [1.165, 1.54) is 11.3 Å². The largest absolute Gasteiger partial charge is 0.505 e. The zero-order chi connectivity index (χ0) is 16.9. The minimum atomic E-state index is -0.577. The molecule has 24 heavy (non-hydrogen) atoms. The van der Waals surface area contributed by atoms with Crippen LogP contribution < -0.4 is 0 Å². The predicted octanol–water partition coefficient (Wildman–Crippen LogP) is 5.11. The number of hydrogen-bond acceptors (Lipinski definition) is 6. The molecule has 0 saturated heterocycles. The van der Waals surface area contributed by atoms with Crippen molar-refractivity contribution in [1.82, 2.24) is 4.98 Å². The van der Waals surface area contributed by atoms with E-state index in [1.54, 1.807) is 18.0 Å². The minimum Gasteiger partial charge on any atom is -0.505 e. The fourth-order valence-corrected chi connectivity index (χ4v) is 4.35. The Kier molecular flexibility index (Phi) is 5.37. The van der Waals surface area contributed by atoms with Crippen LogP contribution in [0.5, 0.6) is 5.75 Å². The van der Waals surface area contributed by atoms with Gasteiger partial charge in [0.15, 0.2) is 11.4 Å². The standard InChI is InChI=1S/C18H17NO3S2/c1-2-3-9-22-18(21)16-17(20)13-10-15(24-14(13)11-19-16)23-12-7-5-4-6-8-12/h4-8,10-11,20H,2-3,9H2,1H3. The van der Waals surface area contributed by atoms with E-state index in [-0.39, 0.29) is 11.4 Å². The SMILES string of the molecule is CCCCOC(=O)c1ncc2sc(Sc3ccccc3)cc2c1O. The van der Waals surface area contributed by atoms with Gasteiger partial charge >= 0.3 is 5.97 Å². The third-order valence-electron chi connectivity index (χ3n) is 3.41. The number of carbonyl (C=O) groups is 1. The molecule has 0 saturated carbocycles. The average molecular weight is 359 g/mol. The molecule has 0 amide bonds. The zero-order valence-corrected chi connectivity index (χ0v) is 14.8. The van der Waals surface area contributed by atoms with Crippen LogP contribution in [0.4, 0.5) is 0 Å². The van der Waals surface area contributed by atoms with Gasteiger partial charge in [0.2, 0.25) is 0 Å². The van der Waals surface area contributed by atoms with E-state index in [1.807, 2.05) is 43.3 Å². The smallest absolute Gasteiger partial charge is 0.360 e. The summed E-state index contributed by atoms with van der Waals surface area (Å²) < 4.78 is 7.01. The lowest BCUT2D eigenvalue weighted by Gasteiger charge is -2.05. The molecule has 0 spiro atoms. The Morgan fingerprint density at radius 1 is 1.33 bits per heavy atom. The number of ether oxygens (including phenoxy) is 1. The van der Waals surface area contributed by atoms with Gasteiger partial charge in [0.1, 0.15) is 0 Å². The van der Waals surface area contributed by atoms with E-state index in [0.717, 1.165) is 26.6 Å². The highest BCUT2D eigenvalue weighted by molar-refractivity contribution is 8.01. The van der Waals surface area contributed by atoms with Gasteiger partial charge in [-0.25, -0.2) is 9.78 Å². The number of aromatic nitrogens is 1. The molecular formula is C18H17NO3S2. The topological polar surface area (TPSA) is 59.4 Å². The van der Waals surface area contributed by atoms with Crippen LogP contribution in [-0.4, -0.2) is 22.7 Å². The summed E-state index contributed by atoms with van der Waals surface area (Å²) in [5, 5.41) is 11.0. The lowest BCUT2D eigenvalue weighted by atomic mass is 10.2. The second kappa shape index (κ2) is 7.68. The molecule has 0 radical (unpaired) electrons. The quantitative estimate of drug-likeness (QED) is 0.489. The Bertz CT molecular complexity index is 846. The first kappa shape index (κ1) is 16.8. The van der Waals surface area contributed by atoms with E-state index in [4.69, 9.17) is 4.74 Å². The fourth-order valence-electron chi connectivity index (χ4n) is 2.16. The molecule has 0 fully saturated rings. The van der Waals surface area contributed by atoms with Crippen molar-refractivity contribution >= 4 is 39.2 Å². The summed E-state index contributed by atoms with van der Waals surface area (Å²) >= 11 is 3.15. The Labute approximate surface area is 148 Å². The minimum absolute atomic E-state index is 0.0207. The second-order valence-electron chi connectivity index (χ2n) is 5.20. The maximum absolute atomic E-state index is 12.0. The van der Waals surface area contributed by atoms with Crippen molar-refractivity contribution in [3.05, 3.63) is 48.3 Å². The van der Waals surface area contributed by atoms with Crippen LogP contribution in [0.25, 0.3) is 10.1 Å². The van der Waals surface area contributed by atoms with Crippen LogP contribution in [0.1, 0.15) is 30.3 Å². The van der Waals surface area contributed by atoms with Gasteiger partial charge in [0, 0.05) is 16.5 Å². The molecule has 0 bridgehead atoms. The molecular weight excluding hydrogens is 342 g/mol. The number of esters is 1. The zero-order valence-electron chi connectivity index (χ0n) is 13.2. The molecule has 3 rings (SSSR count). The van der Waals surface area contributed by atoms with Crippen LogP contribution >= 0.6 is 23.1 Å². The van der Waals surface area contributed by atoms with Gasteiger partial charge < -0.3 is 9.84 Å². The first-order valence-electron chi connectivity index (χ1n) is 7.70. The molecule has 0 unspecified atom stereocenters. The van der Waals surface area contributed by atoms with Crippen LogP contribution in [0.15, 0.2) is 51.7 Å². The number of fused-ring (bicyclic) bond motifs is 1. The number of aromatic hydroxyl groups is 1. The van der Waals surface area contributed by atoms with Crippen LogP contribution in [-0.2, 0) is 4.74 Å². The van der Waals surface area contributed by atoms with Gasteiger partial charge in [-0.3, -0.25) is 0 Å². The van der Waals surface area contributed by atoms with Crippen LogP contribution in [0.2, 0.25) is 0 Å². The van der Waals surface area contributed by atoms with Gasteiger partial charge in [-0.2, -0.15) is 0 Å². The van der Waals surface area contributed by atoms with Crippen molar-refractivity contribution in [2.45, 2.75) is 28.9 Å². The number of thiophene rings is 1. The molecule has 1 N–H and O–H groups in total. The van der Waals surface area contributed by atoms with Gasteiger partial charge in [0.25, 0.3) is 0 Å². The molecule has 124 valence electrons. The van der Waals surface area contributed by atoms with Gasteiger partial charge in [0.05, 0.1) is 15.5 Å². The number of rotatable bonds is 6. The van der Waals surface area contributed by atoms with Crippen molar-refractivity contribution in [3.63, 3.8) is 0 Å². The summed E-state index contributed by atoms with van der Waals surface area (Å²) in [6, 6.07) is 11.9. The van der Waals surface area contributed by atoms with Crippen molar-refractivity contribution in [2.24, 2.45) is 0 Å². The summed E-state index contributed by atoms with van der Waals surface area (Å²) in [5.41, 5.74) is -0.0207. The Hall–Kier alpha value is -2.05. The summed E-state index contributed by atoms with van der Waals surface area (Å²) in [6.07, 6.45) is 3.35. The summed E-state index contributed by atoms with van der Waals surface area (Å²) in [4.78, 5) is 17.2. The first-order valence-corrected chi connectivity index (χ1v) is 9.34. The average Bonchev–Trinajstić information content (AvgIpc) is 3.00. The van der Waals surface area contributed by atoms with E-state index in [0.29, 0.717) is 12.0 Å². The molecule has 3 aromatic rings. The fraction of sp³-hybridized carbons (Fsp3) is 0.222. The third-order valence-corrected chi connectivity index (χ3v) is 5.61. The van der Waals surface area contributed by atoms with Gasteiger partial charge in [-0.1, -0.05) is 43.3 Å². The molecule has 4 nitrogen and oxygen atoms in total. The molecule has 0 aliphatic heterocycles. The maximum atomic E-state index is 12.0. The highest BCUT2D eigenvalue weighted by atomic mass is 32.2. The van der Waals surface area contributed by atoms with E-state index in [9.17, 15) is 9.90 Å². The molecule has 0 aliphatic carbocycles. The Morgan fingerprint density at radius 3 is 2.88 bits per heavy atom. The number of nitrogens with zero attached hydrogens (tertiary/aromatic N) is 1. The number of unbranched alkanes of at least 4 members (excludes halogenated alkanes) is 1. The Morgan fingerprint density at radius 2 is 2.12 bits per heavy atom. The van der Waals surface area contributed by atoms with Crippen molar-refractivity contribution in [2.75, 3.05) is 6.61 Å². The molecule has 2 aromatic heterocycles. The summed E-state index contributed by atoms with van der Waals surface area (Å²) in [7, 11) is 0. The van der Waals surface area contributed by atoms with Gasteiger partial charge in [-0.15, -0.1) is 11.3 Å². The van der Waals surface area contributed by atoms with Crippen LogP contribution in [0.3, 0.4) is 0 Å². The lowest BCUT2D eigenvalue weighted by molar-refractivity contribution is 0.0489.